The molecule has 0 spiro atoms. The second kappa shape index (κ2) is 7.74. The minimum absolute atomic E-state index is 0.267. The Kier molecular flexibility index (Phi) is 5.89. The van der Waals surface area contributed by atoms with Crippen LogP contribution in [-0.4, -0.2) is 53.9 Å². The summed E-state index contributed by atoms with van der Waals surface area (Å²) in [5, 5.41) is 1.00. The zero-order valence-electron chi connectivity index (χ0n) is 15.0. The van der Waals surface area contributed by atoms with Crippen molar-refractivity contribution in [1.82, 2.24) is 14.9 Å². The first-order valence-corrected chi connectivity index (χ1v) is 8.14. The van der Waals surface area contributed by atoms with Crippen LogP contribution in [0.5, 0.6) is 11.5 Å². The molecule has 0 bridgehead atoms. The highest BCUT2D eigenvalue weighted by Gasteiger charge is 2.19. The number of methoxy groups -OCH3 is 1. The van der Waals surface area contributed by atoms with Crippen molar-refractivity contribution in [3.05, 3.63) is 23.6 Å². The second-order valence-electron chi connectivity index (χ2n) is 6.44. The molecule has 0 unspecified atom stereocenters. The van der Waals surface area contributed by atoms with E-state index in [2.05, 4.69) is 9.97 Å². The van der Waals surface area contributed by atoms with Crippen LogP contribution in [0, 0.1) is 0 Å². The molecule has 1 aromatic carbocycles. The van der Waals surface area contributed by atoms with Gasteiger partial charge in [-0.2, -0.15) is 0 Å². The van der Waals surface area contributed by atoms with E-state index in [0.717, 1.165) is 0 Å². The average molecular weight is 368 g/mol. The Hall–Kier alpha value is -2.28. The molecule has 0 N–H and O–H groups in total. The predicted molar refractivity (Wildman–Crippen MR) is 95.5 cm³/mol. The van der Waals surface area contributed by atoms with Gasteiger partial charge in [-0.25, -0.2) is 14.8 Å². The van der Waals surface area contributed by atoms with Crippen molar-refractivity contribution in [2.75, 3.05) is 27.3 Å². The van der Waals surface area contributed by atoms with E-state index in [1.807, 2.05) is 20.8 Å². The smallest absolute Gasteiger partial charge is 0.410 e. The summed E-state index contributed by atoms with van der Waals surface area (Å²) in [5.74, 6) is 1.03. The summed E-state index contributed by atoms with van der Waals surface area (Å²) in [5.41, 5.74) is 0.125. The van der Waals surface area contributed by atoms with Crippen LogP contribution in [0.1, 0.15) is 20.8 Å². The van der Waals surface area contributed by atoms with Crippen LogP contribution in [0.3, 0.4) is 0 Å². The minimum atomic E-state index is -0.537. The van der Waals surface area contributed by atoms with Crippen LogP contribution in [0.25, 0.3) is 10.9 Å². The Morgan fingerprint density at radius 2 is 1.96 bits per heavy atom. The number of rotatable bonds is 5. The van der Waals surface area contributed by atoms with Gasteiger partial charge in [-0.15, -0.1) is 0 Å². The molecule has 1 aromatic heterocycles. The van der Waals surface area contributed by atoms with Crippen molar-refractivity contribution in [3.8, 4) is 11.5 Å². The monoisotopic (exact) mass is 367 g/mol. The molecule has 1 amide bonds. The normalized spacial score (nSPS) is 11.3. The van der Waals surface area contributed by atoms with Gasteiger partial charge < -0.3 is 19.1 Å². The third kappa shape index (κ3) is 5.09. The highest BCUT2D eigenvalue weighted by molar-refractivity contribution is 6.34. The molecule has 7 nitrogen and oxygen atoms in total. The van der Waals surface area contributed by atoms with Gasteiger partial charge in [0, 0.05) is 18.5 Å². The number of aromatic nitrogens is 2. The summed E-state index contributed by atoms with van der Waals surface area (Å²) in [4.78, 5) is 21.5. The number of hydrogen-bond donors (Lipinski definition) is 0. The summed E-state index contributed by atoms with van der Waals surface area (Å²) in [7, 11) is 3.20. The fraction of sp³-hybridized carbons (Fsp3) is 0.471. The molecule has 2 rings (SSSR count). The van der Waals surface area contributed by atoms with E-state index in [9.17, 15) is 4.79 Å². The van der Waals surface area contributed by atoms with Gasteiger partial charge in [0.05, 0.1) is 19.2 Å². The van der Waals surface area contributed by atoms with Crippen LogP contribution in [-0.2, 0) is 4.74 Å². The molecule has 0 atom stereocenters. The molecule has 1 heterocycles. The first kappa shape index (κ1) is 19.1. The Bertz CT molecular complexity index is 761. The number of likely N-dealkylation sites (N-methyl/N-ethyl adjacent to an activating group) is 1. The number of amides is 1. The number of halogens is 1. The van der Waals surface area contributed by atoms with Crippen molar-refractivity contribution in [2.45, 2.75) is 26.4 Å². The van der Waals surface area contributed by atoms with Crippen LogP contribution in [0.4, 0.5) is 4.79 Å². The highest BCUT2D eigenvalue weighted by Crippen LogP contribution is 2.33. The fourth-order valence-corrected chi connectivity index (χ4v) is 2.22. The first-order valence-electron chi connectivity index (χ1n) is 7.76. The van der Waals surface area contributed by atoms with Gasteiger partial charge in [-0.1, -0.05) is 11.6 Å². The number of carbonyl (C=O) groups excluding carboxylic acids is 1. The minimum Gasteiger partial charge on any atom is -0.493 e. The summed E-state index contributed by atoms with van der Waals surface area (Å²) >= 11 is 6.10. The molecule has 0 saturated heterocycles. The molecule has 0 fully saturated rings. The SMILES string of the molecule is COc1cc2ncnc(Cl)c2cc1OCCN(C)C(=O)OC(C)(C)C. The Morgan fingerprint density at radius 3 is 2.60 bits per heavy atom. The Labute approximate surface area is 151 Å². The maximum atomic E-state index is 11.9. The van der Waals surface area contributed by atoms with Gasteiger partial charge in [-0.3, -0.25) is 0 Å². The second-order valence-corrected chi connectivity index (χ2v) is 6.79. The summed E-state index contributed by atoms with van der Waals surface area (Å²) in [6.45, 7) is 6.08. The van der Waals surface area contributed by atoms with E-state index >= 15 is 0 Å². The average Bonchev–Trinajstić information content (AvgIpc) is 2.53. The highest BCUT2D eigenvalue weighted by atomic mass is 35.5. The summed E-state index contributed by atoms with van der Waals surface area (Å²) < 4.78 is 16.4. The van der Waals surface area contributed by atoms with Gasteiger partial charge in [0.2, 0.25) is 0 Å². The van der Waals surface area contributed by atoms with Crippen molar-refractivity contribution in [3.63, 3.8) is 0 Å². The number of nitrogens with zero attached hydrogens (tertiary/aromatic N) is 3. The third-order valence-corrected chi connectivity index (χ3v) is 3.56. The lowest BCUT2D eigenvalue weighted by molar-refractivity contribution is 0.0278. The molecular weight excluding hydrogens is 346 g/mol. The first-order chi connectivity index (χ1) is 11.7. The van der Waals surface area contributed by atoms with Gasteiger partial charge in [-0.05, 0) is 26.8 Å². The quantitative estimate of drug-likeness (QED) is 0.752. The Balaban J connectivity index is 2.05. The van der Waals surface area contributed by atoms with Crippen LogP contribution in [0.15, 0.2) is 18.5 Å². The number of fused-ring (bicyclic) bond motifs is 1. The van der Waals surface area contributed by atoms with E-state index in [1.54, 1.807) is 26.3 Å². The molecule has 25 heavy (non-hydrogen) atoms. The van der Waals surface area contributed by atoms with Gasteiger partial charge in [0.1, 0.15) is 23.7 Å². The molecule has 136 valence electrons. The van der Waals surface area contributed by atoms with Gasteiger partial charge in [0.25, 0.3) is 0 Å². The summed E-state index contributed by atoms with van der Waals surface area (Å²) in [6, 6.07) is 3.46. The van der Waals surface area contributed by atoms with Gasteiger partial charge >= 0.3 is 6.09 Å². The van der Waals surface area contributed by atoms with E-state index in [1.165, 1.54) is 11.2 Å². The molecule has 0 aliphatic heterocycles. The third-order valence-electron chi connectivity index (χ3n) is 3.26. The van der Waals surface area contributed by atoms with Crippen molar-refractivity contribution in [1.29, 1.82) is 0 Å². The Morgan fingerprint density at radius 1 is 1.24 bits per heavy atom. The van der Waals surface area contributed by atoms with Crippen LogP contribution < -0.4 is 9.47 Å². The number of hydrogen-bond acceptors (Lipinski definition) is 6. The molecule has 0 saturated carbocycles. The van der Waals surface area contributed by atoms with E-state index in [-0.39, 0.29) is 6.61 Å². The number of carbonyl (C=O) groups is 1. The number of benzene rings is 1. The maximum absolute atomic E-state index is 11.9. The molecule has 8 heteroatoms. The van der Waals surface area contributed by atoms with E-state index in [0.29, 0.717) is 34.1 Å². The molecular formula is C17H22ClN3O4. The predicted octanol–water partition coefficient (Wildman–Crippen LogP) is 3.54. The zero-order chi connectivity index (χ0) is 18.6. The lowest BCUT2D eigenvalue weighted by atomic mass is 10.2. The van der Waals surface area contributed by atoms with E-state index < -0.39 is 11.7 Å². The maximum Gasteiger partial charge on any atom is 0.410 e. The summed E-state index contributed by atoms with van der Waals surface area (Å²) in [6.07, 6.45) is 0.985. The lowest BCUT2D eigenvalue weighted by Crippen LogP contribution is -2.36. The van der Waals surface area contributed by atoms with E-state index in [4.69, 9.17) is 25.8 Å². The molecule has 0 aliphatic carbocycles. The fourth-order valence-electron chi connectivity index (χ4n) is 2.03. The molecule has 0 aliphatic rings. The molecule has 2 aromatic rings. The topological polar surface area (TPSA) is 73.8 Å². The van der Waals surface area contributed by atoms with Crippen LogP contribution >= 0.6 is 11.6 Å². The van der Waals surface area contributed by atoms with Crippen molar-refractivity contribution >= 4 is 28.6 Å². The number of ether oxygens (including phenoxy) is 3. The van der Waals surface area contributed by atoms with Crippen molar-refractivity contribution < 1.29 is 19.0 Å². The molecule has 0 radical (unpaired) electrons. The van der Waals surface area contributed by atoms with Crippen molar-refractivity contribution in [2.24, 2.45) is 0 Å². The largest absolute Gasteiger partial charge is 0.493 e. The van der Waals surface area contributed by atoms with Crippen LogP contribution in [0.2, 0.25) is 5.15 Å². The van der Waals surface area contributed by atoms with Gasteiger partial charge in [0.15, 0.2) is 11.5 Å². The lowest BCUT2D eigenvalue weighted by Gasteiger charge is -2.24. The zero-order valence-corrected chi connectivity index (χ0v) is 15.8. The standard InChI is InChI=1S/C17H22ClN3O4/c1-17(2,3)25-16(22)21(4)6-7-24-14-8-11-12(9-13(14)23-5)19-10-20-15(11)18/h8-10H,6-7H2,1-5H3.